The molecule has 4 nitrogen and oxygen atoms in total. The maximum atomic E-state index is 5.29. The molecule has 0 N–H and O–H groups in total. The molecule has 0 bridgehead atoms. The summed E-state index contributed by atoms with van der Waals surface area (Å²) in [4.78, 5) is 0. The molecular formula is C9H14N3O+. The Morgan fingerprint density at radius 3 is 3.15 bits per heavy atom. The Morgan fingerprint density at radius 1 is 1.77 bits per heavy atom. The summed E-state index contributed by atoms with van der Waals surface area (Å²) in [6.07, 6.45) is 4.89. The van der Waals surface area contributed by atoms with Crippen molar-refractivity contribution >= 4 is 12.4 Å². The van der Waals surface area contributed by atoms with Crippen molar-refractivity contribution in [2.75, 3.05) is 20.3 Å². The molecule has 1 aromatic rings. The number of nitrogens with zero attached hydrogens (tertiary/aromatic N) is 3. The first-order valence-corrected chi connectivity index (χ1v) is 4.43. The van der Waals surface area contributed by atoms with Crippen molar-refractivity contribution in [2.24, 2.45) is 0 Å². The first-order valence-electron chi connectivity index (χ1n) is 4.43. The van der Waals surface area contributed by atoms with Gasteiger partial charge < -0.3 is 4.74 Å². The Hall–Kier alpha value is -1.16. The Balaban J connectivity index is 2.16. The largest absolute Gasteiger partial charge is 0.379 e. The molecule has 0 spiro atoms. The molecule has 2 heterocycles. The summed E-state index contributed by atoms with van der Waals surface area (Å²) < 4.78 is 9.06. The summed E-state index contributed by atoms with van der Waals surface area (Å²) in [5.74, 6) is 0. The first-order chi connectivity index (χ1) is 6.27. The average molecular weight is 180 g/mol. The van der Waals surface area contributed by atoms with Gasteiger partial charge in [-0.05, 0) is 6.42 Å². The van der Waals surface area contributed by atoms with E-state index in [1.54, 1.807) is 4.58 Å². The van der Waals surface area contributed by atoms with Crippen LogP contribution in [0.25, 0.3) is 0 Å². The second-order valence-corrected chi connectivity index (χ2v) is 3.39. The van der Waals surface area contributed by atoms with Crippen LogP contribution in [0.4, 0.5) is 5.69 Å². The lowest BCUT2D eigenvalue weighted by atomic mass is 10.3. The summed E-state index contributed by atoms with van der Waals surface area (Å²) in [6, 6.07) is 0.411. The van der Waals surface area contributed by atoms with E-state index in [-0.39, 0.29) is 0 Å². The molecule has 13 heavy (non-hydrogen) atoms. The van der Waals surface area contributed by atoms with Gasteiger partial charge in [-0.2, -0.15) is 5.10 Å². The van der Waals surface area contributed by atoms with Crippen LogP contribution in [0, 0.1) is 0 Å². The zero-order chi connectivity index (χ0) is 9.26. The smallest absolute Gasteiger partial charge is 0.242 e. The lowest BCUT2D eigenvalue weighted by molar-refractivity contribution is -0.394. The van der Waals surface area contributed by atoms with E-state index in [9.17, 15) is 0 Å². The van der Waals surface area contributed by atoms with Crippen molar-refractivity contribution < 1.29 is 9.31 Å². The van der Waals surface area contributed by atoms with Crippen molar-refractivity contribution in [3.05, 3.63) is 12.4 Å². The van der Waals surface area contributed by atoms with Crippen molar-refractivity contribution in [3.8, 4) is 0 Å². The van der Waals surface area contributed by atoms with Gasteiger partial charge in [0.25, 0.3) is 0 Å². The zero-order valence-electron chi connectivity index (χ0n) is 7.81. The number of hydrogen-bond donors (Lipinski definition) is 0. The van der Waals surface area contributed by atoms with E-state index in [4.69, 9.17) is 4.74 Å². The summed E-state index contributed by atoms with van der Waals surface area (Å²) in [6.45, 7) is 5.42. The molecular weight excluding hydrogens is 166 g/mol. The van der Waals surface area contributed by atoms with Crippen molar-refractivity contribution in [3.63, 3.8) is 0 Å². The molecule has 70 valence electrons. The highest BCUT2D eigenvalue weighted by molar-refractivity contribution is 5.28. The van der Waals surface area contributed by atoms with Crippen LogP contribution in [0.2, 0.25) is 0 Å². The molecule has 1 unspecified atom stereocenters. The van der Waals surface area contributed by atoms with Crippen LogP contribution in [0.1, 0.15) is 12.5 Å². The van der Waals surface area contributed by atoms with Crippen LogP contribution in [-0.2, 0) is 4.74 Å². The topological polar surface area (TPSA) is 30.1 Å². The average Bonchev–Trinajstić information content (AvgIpc) is 2.75. The third-order valence-corrected chi connectivity index (χ3v) is 2.31. The number of ether oxygens (including phenoxy) is 1. The fourth-order valence-electron chi connectivity index (χ4n) is 1.46. The maximum absolute atomic E-state index is 5.29. The predicted molar refractivity (Wildman–Crippen MR) is 49.7 cm³/mol. The van der Waals surface area contributed by atoms with E-state index >= 15 is 0 Å². The van der Waals surface area contributed by atoms with Crippen LogP contribution < -0.4 is 0 Å². The fourth-order valence-corrected chi connectivity index (χ4v) is 1.46. The quantitative estimate of drug-likeness (QED) is 0.498. The minimum Gasteiger partial charge on any atom is -0.379 e. The third kappa shape index (κ3) is 1.62. The molecule has 0 aliphatic carbocycles. The highest BCUT2D eigenvalue weighted by Gasteiger charge is 2.19. The standard InChI is InChI=1S/C9H14N3O/c1-11(2)9-5-10-12(6-9)8-3-4-13-7-8/h5-6,8H,1,3-4,7H2,2H3/q+1. The number of aromatic nitrogens is 2. The van der Waals surface area contributed by atoms with Gasteiger partial charge in [-0.15, -0.1) is 0 Å². The maximum Gasteiger partial charge on any atom is 0.242 e. The molecule has 0 saturated carbocycles. The van der Waals surface area contributed by atoms with E-state index < -0.39 is 0 Å². The second-order valence-electron chi connectivity index (χ2n) is 3.39. The Kier molecular flexibility index (Phi) is 2.14. The number of rotatable bonds is 2. The lowest BCUT2D eigenvalue weighted by Crippen LogP contribution is -2.08. The van der Waals surface area contributed by atoms with Gasteiger partial charge in [0.15, 0.2) is 0 Å². The summed E-state index contributed by atoms with van der Waals surface area (Å²) >= 11 is 0. The molecule has 1 saturated heterocycles. The summed E-state index contributed by atoms with van der Waals surface area (Å²) in [7, 11) is 1.91. The molecule has 1 atom stereocenters. The molecule has 0 aromatic carbocycles. The zero-order valence-corrected chi connectivity index (χ0v) is 7.81. The SMILES string of the molecule is C=[N+](C)c1cnn(C2CCOC2)c1. The third-order valence-electron chi connectivity index (χ3n) is 2.31. The van der Waals surface area contributed by atoms with E-state index in [0.29, 0.717) is 6.04 Å². The highest BCUT2D eigenvalue weighted by atomic mass is 16.5. The van der Waals surface area contributed by atoms with Crippen LogP contribution in [0.15, 0.2) is 12.4 Å². The van der Waals surface area contributed by atoms with E-state index in [2.05, 4.69) is 11.8 Å². The molecule has 1 aliphatic rings. The summed E-state index contributed by atoms with van der Waals surface area (Å²) in [5, 5.41) is 4.27. The minimum atomic E-state index is 0.411. The van der Waals surface area contributed by atoms with E-state index in [0.717, 1.165) is 25.3 Å². The predicted octanol–water partition coefficient (Wildman–Crippen LogP) is 0.819. The van der Waals surface area contributed by atoms with Gasteiger partial charge in [0.2, 0.25) is 5.69 Å². The Morgan fingerprint density at radius 2 is 2.62 bits per heavy atom. The molecule has 0 amide bonds. The molecule has 2 rings (SSSR count). The van der Waals surface area contributed by atoms with E-state index in [1.165, 1.54) is 0 Å². The highest BCUT2D eigenvalue weighted by Crippen LogP contribution is 2.19. The first kappa shape index (κ1) is 8.44. The van der Waals surface area contributed by atoms with Crippen LogP contribution in [0.5, 0.6) is 0 Å². The Bertz CT molecular complexity index is 312. The molecule has 1 fully saturated rings. The monoisotopic (exact) mass is 180 g/mol. The van der Waals surface area contributed by atoms with E-state index in [1.807, 2.05) is 24.1 Å². The van der Waals surface area contributed by atoms with Crippen molar-refractivity contribution in [1.29, 1.82) is 0 Å². The van der Waals surface area contributed by atoms with Gasteiger partial charge in [0, 0.05) is 6.61 Å². The van der Waals surface area contributed by atoms with Gasteiger partial charge in [-0.3, -0.25) is 4.68 Å². The molecule has 1 aromatic heterocycles. The van der Waals surface area contributed by atoms with Crippen molar-refractivity contribution in [1.82, 2.24) is 9.78 Å². The lowest BCUT2D eigenvalue weighted by Gasteiger charge is -2.05. The molecule has 4 heteroatoms. The minimum absolute atomic E-state index is 0.411. The van der Waals surface area contributed by atoms with Crippen LogP contribution >= 0.6 is 0 Å². The fraction of sp³-hybridized carbons (Fsp3) is 0.556. The molecule has 0 radical (unpaired) electrons. The van der Waals surface area contributed by atoms with Gasteiger partial charge >= 0.3 is 0 Å². The summed E-state index contributed by atoms with van der Waals surface area (Å²) in [5.41, 5.74) is 1.03. The van der Waals surface area contributed by atoms with Crippen molar-refractivity contribution in [2.45, 2.75) is 12.5 Å². The Labute approximate surface area is 77.4 Å². The van der Waals surface area contributed by atoms with Gasteiger partial charge in [-0.1, -0.05) is 0 Å². The van der Waals surface area contributed by atoms with Crippen LogP contribution in [0.3, 0.4) is 0 Å². The molecule has 1 aliphatic heterocycles. The van der Waals surface area contributed by atoms with Gasteiger partial charge in [-0.25, -0.2) is 4.58 Å². The normalized spacial score (nSPS) is 22.1. The second kappa shape index (κ2) is 3.30. The van der Waals surface area contributed by atoms with Gasteiger partial charge in [0.1, 0.15) is 20.0 Å². The van der Waals surface area contributed by atoms with Crippen LogP contribution in [-0.4, -0.2) is 41.3 Å². The number of hydrogen-bond acceptors (Lipinski definition) is 2. The van der Waals surface area contributed by atoms with Gasteiger partial charge in [0.05, 0.1) is 18.8 Å².